The predicted octanol–water partition coefficient (Wildman–Crippen LogP) is 2.64. The molecule has 0 amide bonds. The van der Waals surface area contributed by atoms with Gasteiger partial charge in [-0.3, -0.25) is 0 Å². The molecule has 0 bridgehead atoms. The Morgan fingerprint density at radius 1 is 1.50 bits per heavy atom. The summed E-state index contributed by atoms with van der Waals surface area (Å²) < 4.78 is 10.2. The van der Waals surface area contributed by atoms with E-state index in [4.69, 9.17) is 14.3 Å². The van der Waals surface area contributed by atoms with Crippen LogP contribution in [0.3, 0.4) is 0 Å². The molecule has 2 rings (SSSR count). The summed E-state index contributed by atoms with van der Waals surface area (Å²) >= 11 is 0. The topological polar surface area (TPSA) is 72.6 Å². The summed E-state index contributed by atoms with van der Waals surface area (Å²) in [6.07, 6.45) is 6.92. The molecule has 1 saturated carbocycles. The van der Waals surface area contributed by atoms with Gasteiger partial charge >= 0.3 is 5.97 Å². The molecular weight excluding hydrogens is 234 g/mol. The van der Waals surface area contributed by atoms with E-state index in [0.717, 1.165) is 12.3 Å². The summed E-state index contributed by atoms with van der Waals surface area (Å²) in [5.41, 5.74) is 0.381. The van der Waals surface area contributed by atoms with Crippen LogP contribution < -0.4 is 0 Å². The van der Waals surface area contributed by atoms with E-state index < -0.39 is 5.97 Å². The van der Waals surface area contributed by atoms with Crippen LogP contribution in [0.25, 0.3) is 0 Å². The van der Waals surface area contributed by atoms with Crippen LogP contribution >= 0.6 is 0 Å². The smallest absolute Gasteiger partial charge is 0.373 e. The summed E-state index contributed by atoms with van der Waals surface area (Å²) in [4.78, 5) is 15.2. The van der Waals surface area contributed by atoms with E-state index >= 15 is 0 Å². The lowest BCUT2D eigenvalue weighted by Gasteiger charge is -2.05. The maximum Gasteiger partial charge on any atom is 0.373 e. The Hall–Kier alpha value is -1.36. The van der Waals surface area contributed by atoms with Gasteiger partial charge in [0.25, 0.3) is 0 Å². The Balaban J connectivity index is 1.99. The molecule has 5 nitrogen and oxygen atoms in total. The van der Waals surface area contributed by atoms with Crippen molar-refractivity contribution < 1.29 is 19.1 Å². The van der Waals surface area contributed by atoms with Crippen LogP contribution in [0.4, 0.5) is 0 Å². The standard InChI is InChI=1S/C13H19NO4/c1-17-8-10-12(13(15)16)18-11(14-10)7-6-9-4-2-3-5-9/h9H,2-8H2,1H3,(H,15,16). The number of methoxy groups -OCH3 is 1. The summed E-state index contributed by atoms with van der Waals surface area (Å²) in [5, 5.41) is 9.00. The Morgan fingerprint density at radius 3 is 2.83 bits per heavy atom. The Morgan fingerprint density at radius 2 is 2.22 bits per heavy atom. The third-order valence-electron chi connectivity index (χ3n) is 3.46. The molecule has 0 aromatic carbocycles. The minimum atomic E-state index is -1.08. The Labute approximate surface area is 106 Å². The second-order valence-electron chi connectivity index (χ2n) is 4.81. The number of aryl methyl sites for hydroxylation is 1. The fourth-order valence-corrected chi connectivity index (χ4v) is 2.54. The average Bonchev–Trinajstić information content (AvgIpc) is 2.95. The zero-order valence-corrected chi connectivity index (χ0v) is 10.6. The maximum absolute atomic E-state index is 11.0. The highest BCUT2D eigenvalue weighted by Crippen LogP contribution is 2.28. The van der Waals surface area contributed by atoms with Crippen molar-refractivity contribution in [1.82, 2.24) is 4.98 Å². The van der Waals surface area contributed by atoms with E-state index in [2.05, 4.69) is 4.98 Å². The van der Waals surface area contributed by atoms with Gasteiger partial charge in [0, 0.05) is 13.5 Å². The van der Waals surface area contributed by atoms with Gasteiger partial charge in [0.05, 0.1) is 6.61 Å². The van der Waals surface area contributed by atoms with Crippen molar-refractivity contribution in [2.24, 2.45) is 5.92 Å². The molecule has 0 saturated heterocycles. The van der Waals surface area contributed by atoms with Crippen LogP contribution in [0.5, 0.6) is 0 Å². The largest absolute Gasteiger partial charge is 0.475 e. The Bertz CT molecular complexity index is 407. The molecule has 1 fully saturated rings. The van der Waals surface area contributed by atoms with Gasteiger partial charge in [0.1, 0.15) is 5.69 Å². The van der Waals surface area contributed by atoms with Crippen LogP contribution in [0.2, 0.25) is 0 Å². The number of hydrogen-bond acceptors (Lipinski definition) is 4. The van der Waals surface area contributed by atoms with E-state index in [1.54, 1.807) is 0 Å². The zero-order chi connectivity index (χ0) is 13.0. The number of rotatable bonds is 6. The first-order chi connectivity index (χ1) is 8.70. The van der Waals surface area contributed by atoms with Crippen molar-refractivity contribution in [2.45, 2.75) is 45.1 Å². The number of ether oxygens (including phenoxy) is 1. The molecule has 0 spiro atoms. The third kappa shape index (κ3) is 3.10. The molecule has 1 aromatic rings. The number of aromatic carboxylic acids is 1. The van der Waals surface area contributed by atoms with Crippen molar-refractivity contribution in [3.63, 3.8) is 0 Å². The molecule has 1 heterocycles. The monoisotopic (exact) mass is 253 g/mol. The molecule has 1 aliphatic rings. The summed E-state index contributed by atoms with van der Waals surface area (Å²) in [6, 6.07) is 0. The molecule has 0 aliphatic heterocycles. The van der Waals surface area contributed by atoms with E-state index in [9.17, 15) is 4.79 Å². The molecule has 18 heavy (non-hydrogen) atoms. The number of hydrogen-bond donors (Lipinski definition) is 1. The van der Waals surface area contributed by atoms with Crippen molar-refractivity contribution >= 4 is 5.97 Å². The van der Waals surface area contributed by atoms with E-state index in [1.807, 2.05) is 0 Å². The van der Waals surface area contributed by atoms with Crippen LogP contribution in [0.1, 0.15) is 54.2 Å². The molecule has 1 N–H and O–H groups in total. The van der Waals surface area contributed by atoms with Gasteiger partial charge in [-0.15, -0.1) is 0 Å². The van der Waals surface area contributed by atoms with Gasteiger partial charge in [-0.1, -0.05) is 25.7 Å². The summed E-state index contributed by atoms with van der Waals surface area (Å²) in [5.74, 6) is 0.0994. The number of carboxylic acid groups (broad SMARTS) is 1. The van der Waals surface area contributed by atoms with E-state index in [0.29, 0.717) is 18.0 Å². The van der Waals surface area contributed by atoms with Gasteiger partial charge in [0.15, 0.2) is 5.89 Å². The van der Waals surface area contributed by atoms with Crippen molar-refractivity contribution in [1.29, 1.82) is 0 Å². The number of carboxylic acids is 1. The highest BCUT2D eigenvalue weighted by atomic mass is 16.5. The van der Waals surface area contributed by atoms with Crippen LogP contribution in [0, 0.1) is 5.92 Å². The fraction of sp³-hybridized carbons (Fsp3) is 0.692. The average molecular weight is 253 g/mol. The zero-order valence-electron chi connectivity index (χ0n) is 10.6. The van der Waals surface area contributed by atoms with Crippen LogP contribution in [0.15, 0.2) is 4.42 Å². The highest BCUT2D eigenvalue weighted by Gasteiger charge is 2.21. The molecule has 1 aromatic heterocycles. The van der Waals surface area contributed by atoms with Gasteiger partial charge in [-0.2, -0.15) is 0 Å². The third-order valence-corrected chi connectivity index (χ3v) is 3.46. The molecule has 0 atom stereocenters. The van der Waals surface area contributed by atoms with Gasteiger partial charge < -0.3 is 14.3 Å². The van der Waals surface area contributed by atoms with E-state index in [1.165, 1.54) is 32.8 Å². The van der Waals surface area contributed by atoms with Crippen molar-refractivity contribution in [3.8, 4) is 0 Å². The van der Waals surface area contributed by atoms with Gasteiger partial charge in [0.2, 0.25) is 5.76 Å². The molecular formula is C13H19NO4. The second-order valence-corrected chi connectivity index (χ2v) is 4.81. The highest BCUT2D eigenvalue weighted by molar-refractivity contribution is 5.85. The van der Waals surface area contributed by atoms with Crippen molar-refractivity contribution in [2.75, 3.05) is 7.11 Å². The molecule has 5 heteroatoms. The van der Waals surface area contributed by atoms with Crippen molar-refractivity contribution in [3.05, 3.63) is 17.3 Å². The predicted molar refractivity (Wildman–Crippen MR) is 64.5 cm³/mol. The first-order valence-electron chi connectivity index (χ1n) is 6.41. The molecule has 100 valence electrons. The number of carbonyl (C=O) groups is 1. The van der Waals surface area contributed by atoms with Crippen LogP contribution in [-0.4, -0.2) is 23.2 Å². The lowest BCUT2D eigenvalue weighted by atomic mass is 10.0. The Kier molecular flexibility index (Phi) is 4.36. The first-order valence-corrected chi connectivity index (χ1v) is 6.41. The molecule has 1 aliphatic carbocycles. The number of oxazole rings is 1. The summed E-state index contributed by atoms with van der Waals surface area (Å²) in [7, 11) is 1.51. The quantitative estimate of drug-likeness (QED) is 0.843. The van der Waals surface area contributed by atoms with Gasteiger partial charge in [-0.05, 0) is 12.3 Å². The lowest BCUT2D eigenvalue weighted by molar-refractivity contribution is 0.0653. The van der Waals surface area contributed by atoms with Gasteiger partial charge in [-0.25, -0.2) is 9.78 Å². The molecule has 0 radical (unpaired) electrons. The summed E-state index contributed by atoms with van der Waals surface area (Å²) in [6.45, 7) is 0.175. The fourth-order valence-electron chi connectivity index (χ4n) is 2.54. The first kappa shape index (κ1) is 13.1. The number of aromatic nitrogens is 1. The second kappa shape index (κ2) is 6.00. The maximum atomic E-state index is 11.0. The van der Waals surface area contributed by atoms with Crippen LogP contribution in [-0.2, 0) is 17.8 Å². The minimum Gasteiger partial charge on any atom is -0.475 e. The SMILES string of the molecule is COCc1nc(CCC2CCCC2)oc1C(=O)O. The molecule has 0 unspecified atom stereocenters. The lowest BCUT2D eigenvalue weighted by Crippen LogP contribution is -2.00. The minimum absolute atomic E-state index is 0.0849. The number of nitrogens with zero attached hydrogens (tertiary/aromatic N) is 1. The van der Waals surface area contributed by atoms with E-state index in [-0.39, 0.29) is 12.4 Å². The normalized spacial score (nSPS) is 16.3.